The molecule has 4 nitrogen and oxygen atoms in total. The van der Waals surface area contributed by atoms with Crippen molar-refractivity contribution in [2.45, 2.75) is 12.3 Å². The fraction of sp³-hybridized carbons (Fsp3) is 0.455. The number of methoxy groups -OCH3 is 1. The lowest BCUT2D eigenvalue weighted by molar-refractivity contribution is 0.370. The van der Waals surface area contributed by atoms with Crippen LogP contribution in [0.4, 0.5) is 0 Å². The standard InChI is InChI=1S/C11H16ClNO3S/c1-13(2)7-9-5-4-6-10(11(9)16-3)8-17(12,14)15/h4-6H,7-8H2,1-3H3. The monoisotopic (exact) mass is 277 g/mol. The van der Waals surface area contributed by atoms with Crippen LogP contribution >= 0.6 is 10.7 Å². The smallest absolute Gasteiger partial charge is 0.236 e. The number of halogens is 1. The molecule has 0 aliphatic heterocycles. The van der Waals surface area contributed by atoms with Gasteiger partial charge in [-0.25, -0.2) is 8.42 Å². The van der Waals surface area contributed by atoms with Crippen LogP contribution in [0, 0.1) is 0 Å². The molecular weight excluding hydrogens is 262 g/mol. The molecule has 1 rings (SSSR count). The van der Waals surface area contributed by atoms with E-state index in [4.69, 9.17) is 15.4 Å². The van der Waals surface area contributed by atoms with Crippen LogP contribution in [0.25, 0.3) is 0 Å². The van der Waals surface area contributed by atoms with Gasteiger partial charge in [0.25, 0.3) is 0 Å². The molecule has 0 aliphatic carbocycles. The largest absolute Gasteiger partial charge is 0.496 e. The number of rotatable bonds is 5. The Balaban J connectivity index is 3.14. The highest BCUT2D eigenvalue weighted by Gasteiger charge is 2.15. The van der Waals surface area contributed by atoms with Gasteiger partial charge in [0, 0.05) is 28.4 Å². The molecule has 1 aromatic rings. The number of benzene rings is 1. The first-order chi connectivity index (χ1) is 7.83. The van der Waals surface area contributed by atoms with E-state index in [2.05, 4.69) is 0 Å². The Bertz CT molecular complexity index is 485. The minimum atomic E-state index is -3.58. The van der Waals surface area contributed by atoms with E-state index in [9.17, 15) is 8.42 Å². The maximum Gasteiger partial charge on any atom is 0.236 e. The summed E-state index contributed by atoms with van der Waals surface area (Å²) >= 11 is 0. The molecule has 0 unspecified atom stereocenters. The van der Waals surface area contributed by atoms with Crippen LogP contribution in [0.1, 0.15) is 11.1 Å². The highest BCUT2D eigenvalue weighted by atomic mass is 35.7. The van der Waals surface area contributed by atoms with E-state index < -0.39 is 9.05 Å². The SMILES string of the molecule is COc1c(CN(C)C)cccc1CS(=O)(=O)Cl. The zero-order valence-electron chi connectivity index (χ0n) is 10.1. The van der Waals surface area contributed by atoms with E-state index in [0.717, 1.165) is 5.56 Å². The number of hydrogen-bond donors (Lipinski definition) is 0. The minimum absolute atomic E-state index is 0.223. The van der Waals surface area contributed by atoms with Gasteiger partial charge in [0.05, 0.1) is 12.9 Å². The molecule has 0 aliphatic rings. The van der Waals surface area contributed by atoms with Gasteiger partial charge in [0.2, 0.25) is 9.05 Å². The Morgan fingerprint density at radius 3 is 2.35 bits per heavy atom. The summed E-state index contributed by atoms with van der Waals surface area (Å²) in [5.41, 5.74) is 1.53. The van der Waals surface area contributed by atoms with Gasteiger partial charge < -0.3 is 9.64 Å². The average Bonchev–Trinajstić information content (AvgIpc) is 2.14. The fourth-order valence-corrected chi connectivity index (χ4v) is 2.62. The van der Waals surface area contributed by atoms with Gasteiger partial charge in [-0.1, -0.05) is 18.2 Å². The highest BCUT2D eigenvalue weighted by Crippen LogP contribution is 2.27. The normalized spacial score (nSPS) is 11.8. The van der Waals surface area contributed by atoms with Gasteiger partial charge in [0.15, 0.2) is 0 Å². The predicted octanol–water partition coefficient (Wildman–Crippen LogP) is 1.83. The number of nitrogens with zero attached hydrogens (tertiary/aromatic N) is 1. The second kappa shape index (κ2) is 5.71. The Hall–Kier alpha value is -0.780. The zero-order chi connectivity index (χ0) is 13.1. The van der Waals surface area contributed by atoms with Gasteiger partial charge in [-0.15, -0.1) is 0 Å². The highest BCUT2D eigenvalue weighted by molar-refractivity contribution is 8.13. The summed E-state index contributed by atoms with van der Waals surface area (Å²) in [5, 5.41) is 0. The Kier molecular flexibility index (Phi) is 4.80. The van der Waals surface area contributed by atoms with Crippen LogP contribution in [0.15, 0.2) is 18.2 Å². The molecule has 0 spiro atoms. The second-order valence-electron chi connectivity index (χ2n) is 4.03. The van der Waals surface area contributed by atoms with Crippen LogP contribution in [-0.2, 0) is 21.3 Å². The lowest BCUT2D eigenvalue weighted by Crippen LogP contribution is -2.12. The van der Waals surface area contributed by atoms with Gasteiger partial charge in [0.1, 0.15) is 5.75 Å². The van der Waals surface area contributed by atoms with Gasteiger partial charge >= 0.3 is 0 Å². The molecule has 0 aromatic heterocycles. The molecule has 0 heterocycles. The first-order valence-electron chi connectivity index (χ1n) is 5.05. The Morgan fingerprint density at radius 1 is 1.29 bits per heavy atom. The quantitative estimate of drug-likeness (QED) is 0.771. The molecule has 96 valence electrons. The molecule has 0 fully saturated rings. The molecule has 0 radical (unpaired) electrons. The van der Waals surface area contributed by atoms with E-state index in [1.54, 1.807) is 12.1 Å². The first kappa shape index (κ1) is 14.3. The first-order valence-corrected chi connectivity index (χ1v) is 7.53. The summed E-state index contributed by atoms with van der Waals surface area (Å²) in [6.07, 6.45) is 0. The van der Waals surface area contributed by atoms with Gasteiger partial charge in [-0.05, 0) is 14.1 Å². The van der Waals surface area contributed by atoms with Crippen molar-refractivity contribution in [1.82, 2.24) is 4.90 Å². The van der Waals surface area contributed by atoms with Gasteiger partial charge in [-0.3, -0.25) is 0 Å². The summed E-state index contributed by atoms with van der Waals surface area (Å²) in [6, 6.07) is 5.42. The van der Waals surface area contributed by atoms with E-state index in [1.165, 1.54) is 7.11 Å². The molecular formula is C11H16ClNO3S. The Labute approximate surface area is 107 Å². The molecule has 0 N–H and O–H groups in total. The molecule has 0 saturated carbocycles. The maximum atomic E-state index is 11.1. The minimum Gasteiger partial charge on any atom is -0.496 e. The molecule has 6 heteroatoms. The molecule has 0 amide bonds. The number of ether oxygens (including phenoxy) is 1. The van der Waals surface area contributed by atoms with E-state index in [-0.39, 0.29) is 5.75 Å². The summed E-state index contributed by atoms with van der Waals surface area (Å²) in [7, 11) is 7.08. The molecule has 0 atom stereocenters. The molecule has 0 bridgehead atoms. The van der Waals surface area contributed by atoms with Crippen molar-refractivity contribution in [2.75, 3.05) is 21.2 Å². The topological polar surface area (TPSA) is 46.6 Å². The van der Waals surface area contributed by atoms with Crippen molar-refractivity contribution >= 4 is 19.7 Å². The van der Waals surface area contributed by atoms with E-state index in [1.807, 2.05) is 25.1 Å². The van der Waals surface area contributed by atoms with Crippen molar-refractivity contribution in [3.8, 4) is 5.75 Å². The molecule has 1 aromatic carbocycles. The third-order valence-corrected chi connectivity index (χ3v) is 3.18. The third-order valence-electron chi connectivity index (χ3n) is 2.20. The van der Waals surface area contributed by atoms with Crippen molar-refractivity contribution in [3.05, 3.63) is 29.3 Å². The lowest BCUT2D eigenvalue weighted by atomic mass is 10.1. The number of hydrogen-bond acceptors (Lipinski definition) is 4. The zero-order valence-corrected chi connectivity index (χ0v) is 11.7. The summed E-state index contributed by atoms with van der Waals surface area (Å²) in [4.78, 5) is 1.98. The van der Waals surface area contributed by atoms with Crippen molar-refractivity contribution in [3.63, 3.8) is 0 Å². The lowest BCUT2D eigenvalue weighted by Gasteiger charge is -2.16. The van der Waals surface area contributed by atoms with Crippen LogP contribution in [-0.4, -0.2) is 34.5 Å². The van der Waals surface area contributed by atoms with Crippen molar-refractivity contribution < 1.29 is 13.2 Å². The number of para-hydroxylation sites is 1. The second-order valence-corrected chi connectivity index (χ2v) is 6.81. The van der Waals surface area contributed by atoms with Crippen LogP contribution in [0.2, 0.25) is 0 Å². The summed E-state index contributed by atoms with van der Waals surface area (Å²) in [5.74, 6) is 0.365. The summed E-state index contributed by atoms with van der Waals surface area (Å²) in [6.45, 7) is 0.680. The van der Waals surface area contributed by atoms with Crippen molar-refractivity contribution in [2.24, 2.45) is 0 Å². The fourth-order valence-electron chi connectivity index (χ4n) is 1.66. The average molecular weight is 278 g/mol. The van der Waals surface area contributed by atoms with Crippen LogP contribution in [0.5, 0.6) is 5.75 Å². The van der Waals surface area contributed by atoms with Gasteiger partial charge in [-0.2, -0.15) is 0 Å². The van der Waals surface area contributed by atoms with Crippen LogP contribution < -0.4 is 4.74 Å². The molecule has 17 heavy (non-hydrogen) atoms. The predicted molar refractivity (Wildman–Crippen MR) is 68.9 cm³/mol. The Morgan fingerprint density at radius 2 is 1.88 bits per heavy atom. The van der Waals surface area contributed by atoms with Crippen molar-refractivity contribution in [1.29, 1.82) is 0 Å². The van der Waals surface area contributed by atoms with E-state index >= 15 is 0 Å². The maximum absolute atomic E-state index is 11.1. The van der Waals surface area contributed by atoms with E-state index in [0.29, 0.717) is 17.9 Å². The molecule has 0 saturated heterocycles. The van der Waals surface area contributed by atoms with Crippen LogP contribution in [0.3, 0.4) is 0 Å². The summed E-state index contributed by atoms with van der Waals surface area (Å²) < 4.78 is 27.5. The third kappa shape index (κ3) is 4.53.